The molecule has 19 heavy (non-hydrogen) atoms. The summed E-state index contributed by atoms with van der Waals surface area (Å²) in [6, 6.07) is 11.0. The molecular weight excluding hydrogens is 242 g/mol. The zero-order chi connectivity index (χ0) is 13.7. The van der Waals surface area contributed by atoms with Crippen LogP contribution in [0.3, 0.4) is 0 Å². The summed E-state index contributed by atoms with van der Waals surface area (Å²) < 4.78 is 1.63. The highest BCUT2D eigenvalue weighted by Crippen LogP contribution is 2.23. The van der Waals surface area contributed by atoms with Crippen LogP contribution < -0.4 is 5.32 Å². The van der Waals surface area contributed by atoms with Gasteiger partial charge < -0.3 is 5.11 Å². The molecule has 1 aromatic heterocycles. The molecule has 1 heterocycles. The predicted molar refractivity (Wildman–Crippen MR) is 71.7 cm³/mol. The lowest BCUT2D eigenvalue weighted by Gasteiger charge is -2.30. The van der Waals surface area contributed by atoms with Crippen LogP contribution in [0.4, 0.5) is 0 Å². The summed E-state index contributed by atoms with van der Waals surface area (Å²) in [5, 5.41) is 16.9. The lowest BCUT2D eigenvalue weighted by atomic mass is 9.89. The zero-order valence-corrected chi connectivity index (χ0v) is 10.8. The highest BCUT2D eigenvalue weighted by atomic mass is 16.4. The zero-order valence-electron chi connectivity index (χ0n) is 10.8. The predicted octanol–water partition coefficient (Wildman–Crippen LogP) is 1.47. The van der Waals surface area contributed by atoms with E-state index in [1.807, 2.05) is 37.3 Å². The van der Waals surface area contributed by atoms with Crippen molar-refractivity contribution in [2.45, 2.75) is 19.0 Å². The normalized spacial score (nSPS) is 13.9. The lowest BCUT2D eigenvalue weighted by molar-refractivity contribution is -0.146. The summed E-state index contributed by atoms with van der Waals surface area (Å²) in [4.78, 5) is 11.8. The van der Waals surface area contributed by atoms with E-state index in [9.17, 15) is 9.90 Å². The first kappa shape index (κ1) is 13.3. The number of carboxylic acid groups (broad SMARTS) is 1. The van der Waals surface area contributed by atoms with Crippen molar-refractivity contribution in [3.05, 3.63) is 54.4 Å². The van der Waals surface area contributed by atoms with Crippen LogP contribution in [0.5, 0.6) is 0 Å². The molecule has 5 heteroatoms. The Morgan fingerprint density at radius 2 is 2.11 bits per heavy atom. The first-order valence-electron chi connectivity index (χ1n) is 6.20. The van der Waals surface area contributed by atoms with Crippen LogP contribution in [0, 0.1) is 0 Å². The Labute approximate surface area is 111 Å². The van der Waals surface area contributed by atoms with E-state index < -0.39 is 11.5 Å². The van der Waals surface area contributed by atoms with Gasteiger partial charge in [0.1, 0.15) is 0 Å². The molecule has 5 nitrogen and oxygen atoms in total. The molecule has 2 rings (SSSR count). The Morgan fingerprint density at radius 1 is 1.37 bits per heavy atom. The highest BCUT2D eigenvalue weighted by Gasteiger charge is 2.40. The third-order valence-electron chi connectivity index (χ3n) is 3.07. The molecule has 0 fully saturated rings. The average molecular weight is 259 g/mol. The van der Waals surface area contributed by atoms with E-state index in [1.54, 1.807) is 23.1 Å². The third kappa shape index (κ3) is 2.66. The number of nitrogens with one attached hydrogen (secondary N) is 1. The molecule has 1 atom stereocenters. The van der Waals surface area contributed by atoms with Gasteiger partial charge in [-0.2, -0.15) is 5.10 Å². The van der Waals surface area contributed by atoms with Crippen LogP contribution in [-0.2, 0) is 16.9 Å². The summed E-state index contributed by atoms with van der Waals surface area (Å²) >= 11 is 0. The van der Waals surface area contributed by atoms with E-state index in [0.29, 0.717) is 6.54 Å². The minimum absolute atomic E-state index is 0.243. The fourth-order valence-corrected chi connectivity index (χ4v) is 2.18. The van der Waals surface area contributed by atoms with Crippen LogP contribution in [0.25, 0.3) is 0 Å². The topological polar surface area (TPSA) is 67.2 Å². The van der Waals surface area contributed by atoms with Gasteiger partial charge in [-0.25, -0.2) is 4.79 Å². The Bertz CT molecular complexity index is 525. The van der Waals surface area contributed by atoms with Gasteiger partial charge in [0.2, 0.25) is 0 Å². The van der Waals surface area contributed by atoms with Crippen LogP contribution in [-0.4, -0.2) is 27.4 Å². The monoisotopic (exact) mass is 259 g/mol. The van der Waals surface area contributed by atoms with Crippen molar-refractivity contribution < 1.29 is 9.90 Å². The van der Waals surface area contributed by atoms with Crippen molar-refractivity contribution in [1.82, 2.24) is 15.1 Å². The Hall–Kier alpha value is -2.14. The summed E-state index contributed by atoms with van der Waals surface area (Å²) in [5.41, 5.74) is -0.443. The second-order valence-electron chi connectivity index (χ2n) is 4.31. The standard InChI is InChI=1S/C14H17N3O2/c1-2-15-14(13(18)19,11-17-10-6-9-16-17)12-7-4-3-5-8-12/h3-10,15H,2,11H2,1H3,(H,18,19). The maximum Gasteiger partial charge on any atom is 0.330 e. The molecule has 2 N–H and O–H groups in total. The van der Waals surface area contributed by atoms with Gasteiger partial charge in [-0.1, -0.05) is 37.3 Å². The van der Waals surface area contributed by atoms with Crippen LogP contribution >= 0.6 is 0 Å². The molecule has 0 aliphatic heterocycles. The number of likely N-dealkylation sites (N-methyl/N-ethyl adjacent to an activating group) is 1. The number of nitrogens with zero attached hydrogens (tertiary/aromatic N) is 2. The van der Waals surface area contributed by atoms with Gasteiger partial charge in [0.15, 0.2) is 5.54 Å². The number of benzene rings is 1. The number of hydrogen-bond donors (Lipinski definition) is 2. The van der Waals surface area contributed by atoms with E-state index in [4.69, 9.17) is 0 Å². The highest BCUT2D eigenvalue weighted by molar-refractivity contribution is 5.80. The number of rotatable bonds is 6. The van der Waals surface area contributed by atoms with Gasteiger partial charge in [-0.15, -0.1) is 0 Å². The summed E-state index contributed by atoms with van der Waals surface area (Å²) in [7, 11) is 0. The molecule has 0 aliphatic carbocycles. The van der Waals surface area contributed by atoms with Crippen LogP contribution in [0.1, 0.15) is 12.5 Å². The molecule has 0 spiro atoms. The first-order valence-corrected chi connectivity index (χ1v) is 6.20. The Balaban J connectivity index is 2.44. The van der Waals surface area contributed by atoms with Crippen molar-refractivity contribution in [3.63, 3.8) is 0 Å². The second kappa shape index (κ2) is 5.67. The van der Waals surface area contributed by atoms with E-state index in [-0.39, 0.29) is 6.54 Å². The number of carboxylic acids is 1. The maximum atomic E-state index is 11.8. The fourth-order valence-electron chi connectivity index (χ4n) is 2.18. The smallest absolute Gasteiger partial charge is 0.330 e. The number of aliphatic carboxylic acids is 1. The molecule has 1 unspecified atom stereocenters. The van der Waals surface area contributed by atoms with Gasteiger partial charge in [-0.3, -0.25) is 10.00 Å². The molecule has 0 bridgehead atoms. The summed E-state index contributed by atoms with van der Waals surface area (Å²) in [5.74, 6) is -0.906. The summed E-state index contributed by atoms with van der Waals surface area (Å²) in [6.45, 7) is 2.69. The Morgan fingerprint density at radius 3 is 2.63 bits per heavy atom. The van der Waals surface area contributed by atoms with Crippen LogP contribution in [0.15, 0.2) is 48.8 Å². The lowest BCUT2D eigenvalue weighted by Crippen LogP contribution is -2.52. The average Bonchev–Trinajstić information content (AvgIpc) is 2.91. The molecule has 1 aromatic carbocycles. The van der Waals surface area contributed by atoms with Crippen LogP contribution in [0.2, 0.25) is 0 Å². The molecule has 0 saturated carbocycles. The van der Waals surface area contributed by atoms with E-state index in [0.717, 1.165) is 5.56 Å². The van der Waals surface area contributed by atoms with Gasteiger partial charge in [0, 0.05) is 12.4 Å². The summed E-state index contributed by atoms with van der Waals surface area (Å²) in [6.07, 6.45) is 3.40. The SMILES string of the molecule is CCNC(Cn1cccn1)(C(=O)O)c1ccccc1. The minimum Gasteiger partial charge on any atom is -0.480 e. The first-order chi connectivity index (χ1) is 9.19. The molecule has 0 aliphatic rings. The Kier molecular flexibility index (Phi) is 3.97. The second-order valence-corrected chi connectivity index (χ2v) is 4.31. The minimum atomic E-state index is -1.16. The van der Waals surface area contributed by atoms with Crippen molar-refractivity contribution in [1.29, 1.82) is 0 Å². The largest absolute Gasteiger partial charge is 0.480 e. The van der Waals surface area contributed by atoms with Gasteiger partial charge in [-0.05, 0) is 18.2 Å². The van der Waals surface area contributed by atoms with Crippen molar-refractivity contribution in [2.75, 3.05) is 6.54 Å². The number of aromatic nitrogens is 2. The number of carbonyl (C=O) groups is 1. The molecular formula is C14H17N3O2. The number of hydrogen-bond acceptors (Lipinski definition) is 3. The van der Waals surface area contributed by atoms with Gasteiger partial charge in [0.05, 0.1) is 6.54 Å². The third-order valence-corrected chi connectivity index (χ3v) is 3.07. The van der Waals surface area contributed by atoms with Gasteiger partial charge >= 0.3 is 5.97 Å². The quantitative estimate of drug-likeness (QED) is 0.824. The molecule has 0 amide bonds. The van der Waals surface area contributed by atoms with E-state index in [1.165, 1.54) is 0 Å². The van der Waals surface area contributed by atoms with Gasteiger partial charge in [0.25, 0.3) is 0 Å². The van der Waals surface area contributed by atoms with Crippen molar-refractivity contribution in [2.24, 2.45) is 0 Å². The molecule has 0 radical (unpaired) electrons. The maximum absolute atomic E-state index is 11.8. The van der Waals surface area contributed by atoms with Crippen molar-refractivity contribution >= 4 is 5.97 Å². The van der Waals surface area contributed by atoms with E-state index in [2.05, 4.69) is 10.4 Å². The molecule has 0 saturated heterocycles. The molecule has 100 valence electrons. The molecule has 2 aromatic rings. The van der Waals surface area contributed by atoms with Crippen molar-refractivity contribution in [3.8, 4) is 0 Å². The fraction of sp³-hybridized carbons (Fsp3) is 0.286. The van der Waals surface area contributed by atoms with E-state index >= 15 is 0 Å².